The fraction of sp³-hybridized carbons (Fsp3) is 0.0714. The average molecular weight is 434 g/mol. The quantitative estimate of drug-likeness (QED) is 0.287. The van der Waals surface area contributed by atoms with E-state index in [1.165, 1.54) is 6.08 Å². The van der Waals surface area contributed by atoms with E-state index in [-0.39, 0.29) is 5.57 Å². The SMILES string of the molecule is COc1ccc(/C=C(\C#N)C(=O)Nc2ccccc2)c(OCc2cccc3ccccc23)c1. The Hall–Kier alpha value is -4.56. The molecule has 4 aromatic rings. The molecule has 0 aliphatic heterocycles. The van der Waals surface area contributed by atoms with Gasteiger partial charge >= 0.3 is 0 Å². The smallest absolute Gasteiger partial charge is 0.266 e. The number of amides is 1. The molecule has 0 heterocycles. The molecule has 0 bridgehead atoms. The van der Waals surface area contributed by atoms with Crippen LogP contribution < -0.4 is 14.8 Å². The van der Waals surface area contributed by atoms with Gasteiger partial charge in [0.05, 0.1) is 7.11 Å². The lowest BCUT2D eigenvalue weighted by atomic mass is 10.1. The summed E-state index contributed by atoms with van der Waals surface area (Å²) in [6, 6.07) is 30.5. The van der Waals surface area contributed by atoms with Crippen molar-refractivity contribution in [2.75, 3.05) is 12.4 Å². The van der Waals surface area contributed by atoms with E-state index in [0.717, 1.165) is 16.3 Å². The number of fused-ring (bicyclic) bond motifs is 1. The maximum absolute atomic E-state index is 12.6. The van der Waals surface area contributed by atoms with E-state index in [4.69, 9.17) is 9.47 Å². The molecule has 0 radical (unpaired) electrons. The molecule has 33 heavy (non-hydrogen) atoms. The van der Waals surface area contributed by atoms with Crippen molar-refractivity contribution in [1.82, 2.24) is 0 Å². The van der Waals surface area contributed by atoms with Crippen LogP contribution in [0.15, 0.2) is 96.6 Å². The molecule has 0 atom stereocenters. The van der Waals surface area contributed by atoms with Gasteiger partial charge in [0.15, 0.2) is 0 Å². The van der Waals surface area contributed by atoms with Crippen LogP contribution in [0.2, 0.25) is 0 Å². The zero-order valence-electron chi connectivity index (χ0n) is 18.1. The highest BCUT2D eigenvalue weighted by Gasteiger charge is 2.13. The number of hydrogen-bond acceptors (Lipinski definition) is 4. The molecule has 4 rings (SSSR count). The topological polar surface area (TPSA) is 71.3 Å². The third kappa shape index (κ3) is 5.20. The number of ether oxygens (including phenoxy) is 2. The number of nitrogens with one attached hydrogen (secondary N) is 1. The summed E-state index contributed by atoms with van der Waals surface area (Å²) in [5.41, 5.74) is 2.23. The molecule has 0 saturated heterocycles. The van der Waals surface area contributed by atoms with Crippen molar-refractivity contribution < 1.29 is 14.3 Å². The second kappa shape index (κ2) is 10.2. The lowest BCUT2D eigenvalue weighted by Crippen LogP contribution is -2.13. The van der Waals surface area contributed by atoms with Gasteiger partial charge in [0.1, 0.15) is 29.7 Å². The maximum atomic E-state index is 12.6. The zero-order chi connectivity index (χ0) is 23.0. The van der Waals surface area contributed by atoms with Crippen LogP contribution in [0.4, 0.5) is 5.69 Å². The standard InChI is InChI=1S/C28H22N2O3/c1-32-25-15-14-21(16-23(18-29)28(31)30-24-11-3-2-4-12-24)27(17-25)33-19-22-10-7-9-20-8-5-6-13-26(20)22/h2-17H,19H2,1H3,(H,30,31)/b23-16+. The largest absolute Gasteiger partial charge is 0.497 e. The van der Waals surface area contributed by atoms with Gasteiger partial charge < -0.3 is 14.8 Å². The zero-order valence-corrected chi connectivity index (χ0v) is 18.1. The van der Waals surface area contributed by atoms with Crippen LogP contribution in [-0.4, -0.2) is 13.0 Å². The van der Waals surface area contributed by atoms with E-state index < -0.39 is 5.91 Å². The van der Waals surface area contributed by atoms with Gasteiger partial charge in [-0.15, -0.1) is 0 Å². The number of nitrogens with zero attached hydrogens (tertiary/aromatic N) is 1. The molecule has 4 aromatic carbocycles. The molecule has 162 valence electrons. The Morgan fingerprint density at radius 1 is 0.970 bits per heavy atom. The Morgan fingerprint density at radius 3 is 2.52 bits per heavy atom. The van der Waals surface area contributed by atoms with Gasteiger partial charge in [0.2, 0.25) is 0 Å². The molecular weight excluding hydrogens is 412 g/mol. The van der Waals surface area contributed by atoms with Crippen LogP contribution in [0.3, 0.4) is 0 Å². The first-order chi connectivity index (χ1) is 16.2. The fourth-order valence-electron chi connectivity index (χ4n) is 3.48. The van der Waals surface area contributed by atoms with Crippen molar-refractivity contribution in [3.05, 3.63) is 108 Å². The lowest BCUT2D eigenvalue weighted by Gasteiger charge is -2.13. The van der Waals surface area contributed by atoms with Gasteiger partial charge in [-0.05, 0) is 46.7 Å². The second-order valence-corrected chi connectivity index (χ2v) is 7.32. The van der Waals surface area contributed by atoms with Crippen LogP contribution in [0.5, 0.6) is 11.5 Å². The van der Waals surface area contributed by atoms with Crippen molar-refractivity contribution in [3.8, 4) is 17.6 Å². The van der Waals surface area contributed by atoms with E-state index >= 15 is 0 Å². The molecular formula is C28H22N2O3. The minimum atomic E-state index is -0.487. The molecule has 0 fully saturated rings. The summed E-state index contributed by atoms with van der Waals surface area (Å²) in [4.78, 5) is 12.6. The van der Waals surface area contributed by atoms with E-state index in [9.17, 15) is 10.1 Å². The van der Waals surface area contributed by atoms with Gasteiger partial charge in [-0.2, -0.15) is 5.26 Å². The molecule has 5 nitrogen and oxygen atoms in total. The van der Waals surface area contributed by atoms with Crippen molar-refractivity contribution in [2.24, 2.45) is 0 Å². The second-order valence-electron chi connectivity index (χ2n) is 7.32. The Bertz CT molecular complexity index is 1350. The predicted octanol–water partition coefficient (Wildman–Crippen LogP) is 5.97. The van der Waals surface area contributed by atoms with Gasteiger partial charge in [-0.1, -0.05) is 60.7 Å². The van der Waals surface area contributed by atoms with Crippen molar-refractivity contribution in [1.29, 1.82) is 5.26 Å². The highest BCUT2D eigenvalue weighted by Crippen LogP contribution is 2.29. The molecule has 0 saturated carbocycles. The van der Waals surface area contributed by atoms with E-state index in [2.05, 4.69) is 23.5 Å². The highest BCUT2D eigenvalue weighted by molar-refractivity contribution is 6.09. The van der Waals surface area contributed by atoms with Crippen LogP contribution in [0, 0.1) is 11.3 Å². The first-order valence-electron chi connectivity index (χ1n) is 10.4. The molecule has 0 aromatic heterocycles. The number of carbonyl (C=O) groups excluding carboxylic acids is 1. The number of anilines is 1. The Kier molecular flexibility index (Phi) is 6.67. The number of methoxy groups -OCH3 is 1. The molecule has 0 aliphatic carbocycles. The third-order valence-electron chi connectivity index (χ3n) is 5.18. The molecule has 0 spiro atoms. The van der Waals surface area contributed by atoms with Crippen molar-refractivity contribution >= 4 is 28.4 Å². The summed E-state index contributed by atoms with van der Waals surface area (Å²) in [6.07, 6.45) is 1.52. The number of benzene rings is 4. The molecule has 0 unspecified atom stereocenters. The highest BCUT2D eigenvalue weighted by atomic mass is 16.5. The van der Waals surface area contributed by atoms with Crippen LogP contribution in [0.25, 0.3) is 16.8 Å². The monoisotopic (exact) mass is 434 g/mol. The van der Waals surface area contributed by atoms with Gasteiger partial charge in [-0.25, -0.2) is 0 Å². The Morgan fingerprint density at radius 2 is 1.73 bits per heavy atom. The van der Waals surface area contributed by atoms with E-state index in [1.807, 2.05) is 48.5 Å². The van der Waals surface area contributed by atoms with Gasteiger partial charge in [0, 0.05) is 17.3 Å². The normalized spacial score (nSPS) is 11.0. The average Bonchev–Trinajstić information content (AvgIpc) is 2.86. The Labute approximate surface area is 192 Å². The number of carbonyl (C=O) groups is 1. The van der Waals surface area contributed by atoms with E-state index in [0.29, 0.717) is 29.4 Å². The van der Waals surface area contributed by atoms with Gasteiger partial charge in [0.25, 0.3) is 5.91 Å². The van der Waals surface area contributed by atoms with Crippen LogP contribution in [-0.2, 0) is 11.4 Å². The summed E-state index contributed by atoms with van der Waals surface area (Å²) in [5.74, 6) is 0.648. The number of nitriles is 1. The molecule has 1 amide bonds. The summed E-state index contributed by atoms with van der Waals surface area (Å²) in [6.45, 7) is 0.327. The summed E-state index contributed by atoms with van der Waals surface area (Å²) in [5, 5.41) is 14.6. The van der Waals surface area contributed by atoms with Gasteiger partial charge in [-0.3, -0.25) is 4.79 Å². The van der Waals surface area contributed by atoms with Crippen molar-refractivity contribution in [2.45, 2.75) is 6.61 Å². The minimum absolute atomic E-state index is 0.0287. The summed E-state index contributed by atoms with van der Waals surface area (Å²) < 4.78 is 11.5. The molecule has 5 heteroatoms. The van der Waals surface area contributed by atoms with Crippen molar-refractivity contribution in [3.63, 3.8) is 0 Å². The first kappa shape index (κ1) is 21.7. The number of rotatable bonds is 7. The minimum Gasteiger partial charge on any atom is -0.497 e. The predicted molar refractivity (Wildman–Crippen MR) is 130 cm³/mol. The van der Waals surface area contributed by atoms with Crippen LogP contribution in [0.1, 0.15) is 11.1 Å². The molecule has 1 N–H and O–H groups in total. The molecule has 0 aliphatic rings. The fourth-order valence-corrected chi connectivity index (χ4v) is 3.48. The summed E-state index contributed by atoms with van der Waals surface area (Å²) >= 11 is 0. The summed E-state index contributed by atoms with van der Waals surface area (Å²) in [7, 11) is 1.58. The van der Waals surface area contributed by atoms with Crippen LogP contribution >= 0.6 is 0 Å². The number of para-hydroxylation sites is 1. The Balaban J connectivity index is 1.62. The maximum Gasteiger partial charge on any atom is 0.266 e. The van der Waals surface area contributed by atoms with E-state index in [1.54, 1.807) is 37.4 Å². The third-order valence-corrected chi connectivity index (χ3v) is 5.18. The number of hydrogen-bond donors (Lipinski definition) is 1. The first-order valence-corrected chi connectivity index (χ1v) is 10.4. The lowest BCUT2D eigenvalue weighted by molar-refractivity contribution is -0.112.